The zero-order chi connectivity index (χ0) is 16.9. The van der Waals surface area contributed by atoms with Crippen molar-refractivity contribution in [2.45, 2.75) is 25.4 Å². The van der Waals surface area contributed by atoms with E-state index in [1.165, 1.54) is 10.9 Å². The molecule has 1 aliphatic rings. The van der Waals surface area contributed by atoms with E-state index in [1.807, 2.05) is 0 Å². The minimum atomic E-state index is -0.398. The number of carbonyl (C=O) groups is 2. The molecule has 3 amide bonds. The second kappa shape index (κ2) is 7.03. The average molecular weight is 329 g/mol. The lowest BCUT2D eigenvalue weighted by molar-refractivity contribution is -0.122. The van der Waals surface area contributed by atoms with Crippen LogP contribution in [0.4, 0.5) is 16.2 Å². The quantitative estimate of drug-likeness (QED) is 0.753. The van der Waals surface area contributed by atoms with Gasteiger partial charge < -0.3 is 20.7 Å². The maximum atomic E-state index is 12.0. The Labute approximate surface area is 139 Å². The monoisotopic (exact) mass is 329 g/mol. The van der Waals surface area contributed by atoms with Crippen LogP contribution in [0.15, 0.2) is 36.7 Å². The zero-order valence-electron chi connectivity index (χ0n) is 13.3. The van der Waals surface area contributed by atoms with Gasteiger partial charge in [-0.25, -0.2) is 4.79 Å². The summed E-state index contributed by atoms with van der Waals surface area (Å²) in [6.07, 6.45) is 5.19. The standard InChI is InChI=1S/C16H19N5O3/c1-24-14-4-2-3-12(7-14)19-16(23)20-13-8-17-21(9-13)10-15(22)18-11-5-6-11/h2-4,7-9,11H,5-6,10H2,1H3,(H,18,22)(H2,19,20,23). The third kappa shape index (κ3) is 4.48. The number of urea groups is 1. The van der Waals surface area contributed by atoms with Crippen molar-refractivity contribution in [1.82, 2.24) is 15.1 Å². The Morgan fingerprint density at radius 1 is 1.29 bits per heavy atom. The summed E-state index contributed by atoms with van der Waals surface area (Å²) in [5, 5.41) is 12.3. The molecule has 3 N–H and O–H groups in total. The lowest BCUT2D eigenvalue weighted by Crippen LogP contribution is -2.29. The SMILES string of the molecule is COc1cccc(NC(=O)Nc2cnn(CC(=O)NC3CC3)c2)c1. The number of aromatic nitrogens is 2. The Morgan fingerprint density at radius 3 is 2.83 bits per heavy atom. The minimum Gasteiger partial charge on any atom is -0.497 e. The van der Waals surface area contributed by atoms with Crippen molar-refractivity contribution >= 4 is 23.3 Å². The van der Waals surface area contributed by atoms with Gasteiger partial charge in [-0.15, -0.1) is 0 Å². The van der Waals surface area contributed by atoms with Gasteiger partial charge in [0.15, 0.2) is 0 Å². The molecule has 1 heterocycles. The summed E-state index contributed by atoms with van der Waals surface area (Å²) in [5.41, 5.74) is 1.12. The first kappa shape index (κ1) is 15.9. The summed E-state index contributed by atoms with van der Waals surface area (Å²) < 4.78 is 6.59. The summed E-state index contributed by atoms with van der Waals surface area (Å²) in [4.78, 5) is 23.7. The highest BCUT2D eigenvalue weighted by molar-refractivity contribution is 5.99. The summed E-state index contributed by atoms with van der Waals surface area (Å²) in [6, 6.07) is 6.97. The van der Waals surface area contributed by atoms with Gasteiger partial charge in [-0.05, 0) is 25.0 Å². The lowest BCUT2D eigenvalue weighted by Gasteiger charge is -2.07. The molecule has 0 spiro atoms. The number of hydrogen-bond acceptors (Lipinski definition) is 4. The second-order valence-electron chi connectivity index (χ2n) is 5.58. The number of carbonyl (C=O) groups excluding carboxylic acids is 2. The highest BCUT2D eigenvalue weighted by Crippen LogP contribution is 2.19. The summed E-state index contributed by atoms with van der Waals surface area (Å²) >= 11 is 0. The molecular weight excluding hydrogens is 310 g/mol. The van der Waals surface area contributed by atoms with Crippen LogP contribution in [0.1, 0.15) is 12.8 Å². The fraction of sp³-hybridized carbons (Fsp3) is 0.312. The molecular formula is C16H19N5O3. The van der Waals surface area contributed by atoms with E-state index < -0.39 is 6.03 Å². The van der Waals surface area contributed by atoms with Gasteiger partial charge in [-0.3, -0.25) is 9.48 Å². The zero-order valence-corrected chi connectivity index (χ0v) is 13.3. The van der Waals surface area contributed by atoms with E-state index in [1.54, 1.807) is 37.6 Å². The molecule has 1 fully saturated rings. The van der Waals surface area contributed by atoms with E-state index in [-0.39, 0.29) is 12.5 Å². The molecule has 0 radical (unpaired) electrons. The first-order valence-corrected chi connectivity index (χ1v) is 7.66. The predicted molar refractivity (Wildman–Crippen MR) is 89.0 cm³/mol. The molecule has 0 bridgehead atoms. The average Bonchev–Trinajstić information content (AvgIpc) is 3.26. The molecule has 2 aromatic rings. The number of nitrogens with one attached hydrogen (secondary N) is 3. The van der Waals surface area contributed by atoms with Crippen molar-refractivity contribution in [2.75, 3.05) is 17.7 Å². The van der Waals surface area contributed by atoms with Crippen molar-refractivity contribution in [3.8, 4) is 5.75 Å². The highest BCUT2D eigenvalue weighted by Gasteiger charge is 2.23. The number of benzene rings is 1. The number of methoxy groups -OCH3 is 1. The molecule has 1 aromatic carbocycles. The van der Waals surface area contributed by atoms with Crippen molar-refractivity contribution < 1.29 is 14.3 Å². The summed E-state index contributed by atoms with van der Waals surface area (Å²) in [7, 11) is 1.56. The summed E-state index contributed by atoms with van der Waals surface area (Å²) in [6.45, 7) is 0.135. The summed E-state index contributed by atoms with van der Waals surface area (Å²) in [5.74, 6) is 0.579. The van der Waals surface area contributed by atoms with E-state index in [0.717, 1.165) is 12.8 Å². The number of anilines is 2. The van der Waals surface area contributed by atoms with E-state index in [0.29, 0.717) is 23.2 Å². The largest absolute Gasteiger partial charge is 0.497 e. The van der Waals surface area contributed by atoms with E-state index in [9.17, 15) is 9.59 Å². The molecule has 0 atom stereocenters. The first-order valence-electron chi connectivity index (χ1n) is 7.66. The van der Waals surface area contributed by atoms with E-state index in [2.05, 4.69) is 21.0 Å². The molecule has 8 heteroatoms. The van der Waals surface area contributed by atoms with Gasteiger partial charge in [0.25, 0.3) is 0 Å². The van der Waals surface area contributed by atoms with Crippen LogP contribution in [0.3, 0.4) is 0 Å². The van der Waals surface area contributed by atoms with Gasteiger partial charge in [0, 0.05) is 24.0 Å². The Morgan fingerprint density at radius 2 is 2.08 bits per heavy atom. The van der Waals surface area contributed by atoms with Gasteiger partial charge in [0.05, 0.1) is 19.0 Å². The molecule has 1 saturated carbocycles. The molecule has 1 aliphatic carbocycles. The number of nitrogens with zero attached hydrogens (tertiary/aromatic N) is 2. The maximum Gasteiger partial charge on any atom is 0.323 e. The topological polar surface area (TPSA) is 97.3 Å². The first-order chi connectivity index (χ1) is 11.6. The van der Waals surface area contributed by atoms with Crippen LogP contribution in [0.25, 0.3) is 0 Å². The van der Waals surface area contributed by atoms with E-state index >= 15 is 0 Å². The number of rotatable bonds is 6. The molecule has 126 valence electrons. The van der Waals surface area contributed by atoms with Gasteiger partial charge >= 0.3 is 6.03 Å². The Hall–Kier alpha value is -3.03. The van der Waals surface area contributed by atoms with Crippen LogP contribution in [0.2, 0.25) is 0 Å². The Kier molecular flexibility index (Phi) is 4.64. The van der Waals surface area contributed by atoms with Crippen LogP contribution in [0.5, 0.6) is 5.75 Å². The normalized spacial score (nSPS) is 13.2. The third-order valence-electron chi connectivity index (χ3n) is 3.47. The van der Waals surface area contributed by atoms with Crippen LogP contribution in [0, 0.1) is 0 Å². The van der Waals surface area contributed by atoms with Gasteiger partial charge in [-0.2, -0.15) is 5.10 Å². The van der Waals surface area contributed by atoms with Gasteiger partial charge in [0.1, 0.15) is 12.3 Å². The Bertz CT molecular complexity index is 739. The minimum absolute atomic E-state index is 0.0759. The maximum absolute atomic E-state index is 12.0. The molecule has 24 heavy (non-hydrogen) atoms. The van der Waals surface area contributed by atoms with Crippen LogP contribution in [-0.4, -0.2) is 34.9 Å². The number of amides is 3. The highest BCUT2D eigenvalue weighted by atomic mass is 16.5. The third-order valence-corrected chi connectivity index (χ3v) is 3.47. The van der Waals surface area contributed by atoms with Crippen LogP contribution < -0.4 is 20.7 Å². The fourth-order valence-corrected chi connectivity index (χ4v) is 2.16. The van der Waals surface area contributed by atoms with E-state index in [4.69, 9.17) is 4.74 Å². The van der Waals surface area contributed by atoms with Gasteiger partial charge in [-0.1, -0.05) is 6.07 Å². The van der Waals surface area contributed by atoms with Crippen molar-refractivity contribution in [1.29, 1.82) is 0 Å². The van der Waals surface area contributed by atoms with Crippen LogP contribution in [-0.2, 0) is 11.3 Å². The second-order valence-corrected chi connectivity index (χ2v) is 5.58. The van der Waals surface area contributed by atoms with Crippen LogP contribution >= 0.6 is 0 Å². The van der Waals surface area contributed by atoms with Gasteiger partial charge in [0.2, 0.25) is 5.91 Å². The molecule has 3 rings (SSSR count). The number of ether oxygens (including phenoxy) is 1. The molecule has 8 nitrogen and oxygen atoms in total. The Balaban J connectivity index is 1.51. The fourth-order valence-electron chi connectivity index (χ4n) is 2.16. The van der Waals surface area contributed by atoms with Crippen molar-refractivity contribution in [2.24, 2.45) is 0 Å². The molecule has 0 saturated heterocycles. The smallest absolute Gasteiger partial charge is 0.323 e. The number of hydrogen-bond donors (Lipinski definition) is 3. The molecule has 0 aliphatic heterocycles. The van der Waals surface area contributed by atoms with Crippen molar-refractivity contribution in [3.63, 3.8) is 0 Å². The molecule has 1 aromatic heterocycles. The lowest BCUT2D eigenvalue weighted by atomic mass is 10.3. The van der Waals surface area contributed by atoms with Crippen molar-refractivity contribution in [3.05, 3.63) is 36.7 Å². The predicted octanol–water partition coefficient (Wildman–Crippen LogP) is 1.81. The molecule has 0 unspecified atom stereocenters.